The van der Waals surface area contributed by atoms with Gasteiger partial charge in [-0.05, 0) is 62.8 Å². The van der Waals surface area contributed by atoms with Crippen molar-refractivity contribution in [2.24, 2.45) is 5.10 Å². The van der Waals surface area contributed by atoms with Gasteiger partial charge < -0.3 is 4.74 Å². The van der Waals surface area contributed by atoms with Crippen LogP contribution < -0.4 is 15.7 Å². The summed E-state index contributed by atoms with van der Waals surface area (Å²) in [6.45, 7) is 11.4. The number of hydrazone groups is 1. The fraction of sp³-hybridized carbons (Fsp3) is 0.375. The first kappa shape index (κ1) is 22.5. The predicted molar refractivity (Wildman–Crippen MR) is 127 cm³/mol. The highest BCUT2D eigenvalue weighted by Crippen LogP contribution is 2.22. The highest BCUT2D eigenvalue weighted by atomic mass is 16.5. The molecular formula is C24H31N5O2. The summed E-state index contributed by atoms with van der Waals surface area (Å²) in [4.78, 5) is 19.7. The van der Waals surface area contributed by atoms with Crippen molar-refractivity contribution < 1.29 is 4.74 Å². The maximum absolute atomic E-state index is 12.8. The van der Waals surface area contributed by atoms with Gasteiger partial charge in [0, 0.05) is 18.7 Å². The summed E-state index contributed by atoms with van der Waals surface area (Å²) < 4.78 is 7.15. The van der Waals surface area contributed by atoms with Crippen molar-refractivity contribution in [3.63, 3.8) is 0 Å². The molecular weight excluding hydrogens is 390 g/mol. The van der Waals surface area contributed by atoms with Gasteiger partial charge in [-0.3, -0.25) is 14.3 Å². The van der Waals surface area contributed by atoms with Gasteiger partial charge in [-0.15, -0.1) is 0 Å². The second kappa shape index (κ2) is 10.2. The zero-order valence-electron chi connectivity index (χ0n) is 19.0. The molecule has 31 heavy (non-hydrogen) atoms. The molecule has 0 aliphatic rings. The van der Waals surface area contributed by atoms with Crippen LogP contribution in [0.5, 0.6) is 5.75 Å². The van der Waals surface area contributed by atoms with Gasteiger partial charge in [0.05, 0.1) is 23.7 Å². The smallest absolute Gasteiger partial charge is 0.262 e. The van der Waals surface area contributed by atoms with Gasteiger partial charge in [0.1, 0.15) is 5.75 Å². The Morgan fingerprint density at radius 1 is 1.16 bits per heavy atom. The Kier molecular flexibility index (Phi) is 7.41. The Morgan fingerprint density at radius 2 is 1.90 bits per heavy atom. The van der Waals surface area contributed by atoms with E-state index in [0.717, 1.165) is 42.2 Å². The highest BCUT2D eigenvalue weighted by molar-refractivity contribution is 5.99. The van der Waals surface area contributed by atoms with Crippen LogP contribution in [0.3, 0.4) is 0 Å². The van der Waals surface area contributed by atoms with E-state index in [1.807, 2.05) is 44.2 Å². The fourth-order valence-corrected chi connectivity index (χ4v) is 3.56. The molecule has 0 radical (unpaired) electrons. The highest BCUT2D eigenvalue weighted by Gasteiger charge is 2.11. The normalized spacial score (nSPS) is 11.9. The minimum absolute atomic E-state index is 0.0746. The summed E-state index contributed by atoms with van der Waals surface area (Å²) >= 11 is 0. The van der Waals surface area contributed by atoms with Crippen LogP contribution in [0.2, 0.25) is 0 Å². The Balaban J connectivity index is 1.92. The average Bonchev–Trinajstić information content (AvgIpc) is 2.80. The molecule has 164 valence electrons. The molecule has 0 saturated carbocycles. The molecule has 0 atom stereocenters. The standard InChI is InChI=1S/C24H31N5O2/c1-6-28(7-2)16-19-15-18(13-14-22(19)31-5)17(4)26-27-24-25-21-12-10-9-11-20(21)23(30)29(24)8-3/h9-15H,6-8,16H2,1-5H3,(H,25,27)/b26-17-. The van der Waals surface area contributed by atoms with Crippen LogP contribution in [0.1, 0.15) is 38.8 Å². The largest absolute Gasteiger partial charge is 0.496 e. The first-order valence-electron chi connectivity index (χ1n) is 10.7. The van der Waals surface area contributed by atoms with E-state index in [-0.39, 0.29) is 5.56 Å². The zero-order valence-corrected chi connectivity index (χ0v) is 19.0. The molecule has 0 aliphatic carbocycles. The summed E-state index contributed by atoms with van der Waals surface area (Å²) in [6, 6.07) is 13.4. The van der Waals surface area contributed by atoms with E-state index < -0.39 is 0 Å². The lowest BCUT2D eigenvalue weighted by molar-refractivity contribution is 0.289. The maximum Gasteiger partial charge on any atom is 0.262 e. The number of fused-ring (bicyclic) bond motifs is 1. The number of para-hydroxylation sites is 1. The van der Waals surface area contributed by atoms with E-state index in [1.165, 1.54) is 0 Å². The number of aromatic nitrogens is 2. The van der Waals surface area contributed by atoms with Crippen LogP contribution in [0.15, 0.2) is 52.4 Å². The van der Waals surface area contributed by atoms with Crippen molar-refractivity contribution in [1.29, 1.82) is 0 Å². The van der Waals surface area contributed by atoms with Crippen LogP contribution >= 0.6 is 0 Å². The maximum atomic E-state index is 12.8. The number of nitrogens with zero attached hydrogens (tertiary/aromatic N) is 4. The molecule has 0 spiro atoms. The van der Waals surface area contributed by atoms with Crippen LogP contribution in [-0.4, -0.2) is 40.4 Å². The van der Waals surface area contributed by atoms with E-state index in [1.54, 1.807) is 17.7 Å². The molecule has 0 fully saturated rings. The third-order valence-electron chi connectivity index (χ3n) is 5.49. The van der Waals surface area contributed by atoms with Gasteiger partial charge >= 0.3 is 0 Å². The molecule has 0 aliphatic heterocycles. The zero-order chi connectivity index (χ0) is 22.4. The van der Waals surface area contributed by atoms with Crippen LogP contribution in [0, 0.1) is 0 Å². The fourth-order valence-electron chi connectivity index (χ4n) is 3.56. The first-order valence-corrected chi connectivity index (χ1v) is 10.7. The summed E-state index contributed by atoms with van der Waals surface area (Å²) in [5.41, 5.74) is 6.49. The molecule has 3 rings (SSSR count). The molecule has 0 amide bonds. The molecule has 1 heterocycles. The quantitative estimate of drug-likeness (QED) is 0.416. The monoisotopic (exact) mass is 421 g/mol. The van der Waals surface area contributed by atoms with Crippen molar-refractivity contribution in [2.45, 2.75) is 40.8 Å². The molecule has 2 aromatic carbocycles. The minimum Gasteiger partial charge on any atom is -0.496 e. The van der Waals surface area contributed by atoms with Gasteiger partial charge in [-0.25, -0.2) is 10.4 Å². The number of benzene rings is 2. The van der Waals surface area contributed by atoms with Crippen LogP contribution in [0.4, 0.5) is 5.95 Å². The van der Waals surface area contributed by atoms with E-state index >= 15 is 0 Å². The molecule has 7 heteroatoms. The Morgan fingerprint density at radius 3 is 2.58 bits per heavy atom. The summed E-state index contributed by atoms with van der Waals surface area (Å²) in [7, 11) is 1.69. The number of rotatable bonds is 9. The van der Waals surface area contributed by atoms with E-state index in [2.05, 4.69) is 40.3 Å². The summed E-state index contributed by atoms with van der Waals surface area (Å²) in [6.07, 6.45) is 0. The van der Waals surface area contributed by atoms with Crippen molar-refractivity contribution in [3.8, 4) is 5.75 Å². The summed E-state index contributed by atoms with van der Waals surface area (Å²) in [5, 5.41) is 5.13. The van der Waals surface area contributed by atoms with Gasteiger partial charge in [0.15, 0.2) is 0 Å². The van der Waals surface area contributed by atoms with E-state index in [4.69, 9.17) is 4.74 Å². The van der Waals surface area contributed by atoms with Crippen LogP contribution in [-0.2, 0) is 13.1 Å². The van der Waals surface area contributed by atoms with Crippen molar-refractivity contribution in [1.82, 2.24) is 14.5 Å². The predicted octanol–water partition coefficient (Wildman–Crippen LogP) is 4.10. The van der Waals surface area contributed by atoms with Crippen LogP contribution in [0.25, 0.3) is 10.9 Å². The number of ether oxygens (including phenoxy) is 1. The second-order valence-corrected chi connectivity index (χ2v) is 7.30. The number of methoxy groups -OCH3 is 1. The number of hydrogen-bond acceptors (Lipinski definition) is 6. The Bertz CT molecular complexity index is 1130. The molecule has 7 nitrogen and oxygen atoms in total. The molecule has 0 bridgehead atoms. The summed E-state index contributed by atoms with van der Waals surface area (Å²) in [5.74, 6) is 1.30. The lowest BCUT2D eigenvalue weighted by Crippen LogP contribution is -2.23. The first-order chi connectivity index (χ1) is 15.0. The van der Waals surface area contributed by atoms with Gasteiger partial charge in [0.25, 0.3) is 5.56 Å². The van der Waals surface area contributed by atoms with E-state index in [0.29, 0.717) is 23.4 Å². The number of nitrogens with one attached hydrogen (secondary N) is 1. The lowest BCUT2D eigenvalue weighted by atomic mass is 10.1. The molecule has 0 saturated heterocycles. The topological polar surface area (TPSA) is 71.8 Å². The molecule has 1 N–H and O–H groups in total. The third kappa shape index (κ3) is 4.94. The minimum atomic E-state index is -0.0746. The third-order valence-corrected chi connectivity index (χ3v) is 5.49. The van der Waals surface area contributed by atoms with Crippen molar-refractivity contribution in [3.05, 3.63) is 63.9 Å². The number of anilines is 1. The van der Waals surface area contributed by atoms with Gasteiger partial charge in [-0.1, -0.05) is 26.0 Å². The van der Waals surface area contributed by atoms with E-state index in [9.17, 15) is 4.79 Å². The van der Waals surface area contributed by atoms with Gasteiger partial charge in [0.2, 0.25) is 5.95 Å². The number of hydrogen-bond donors (Lipinski definition) is 1. The SMILES string of the molecule is CCN(CC)Cc1cc(/C(C)=N\Nc2nc3ccccc3c(=O)n2CC)ccc1OC. The average molecular weight is 422 g/mol. The molecule has 1 aromatic heterocycles. The van der Waals surface area contributed by atoms with Crippen molar-refractivity contribution >= 4 is 22.6 Å². The molecule has 0 unspecified atom stereocenters. The van der Waals surface area contributed by atoms with Gasteiger partial charge in [-0.2, -0.15) is 5.10 Å². The Hall–Kier alpha value is -3.19. The molecule has 3 aromatic rings. The Labute approximate surface area is 183 Å². The second-order valence-electron chi connectivity index (χ2n) is 7.30. The lowest BCUT2D eigenvalue weighted by Gasteiger charge is -2.20. The van der Waals surface area contributed by atoms with Crippen molar-refractivity contribution in [2.75, 3.05) is 25.6 Å².